The van der Waals surface area contributed by atoms with E-state index in [1.54, 1.807) is 0 Å². The summed E-state index contributed by atoms with van der Waals surface area (Å²) in [4.78, 5) is 13.6. The molecule has 17 heavy (non-hydrogen) atoms. The third kappa shape index (κ3) is 8.27. The number of carbonyl (C=O) groups excluding carboxylic acids is 1. The fraction of sp³-hybridized carbons (Fsp3) is 0.917. The molecular formula is C12H25NO3Si. The summed E-state index contributed by atoms with van der Waals surface area (Å²) in [5.41, 5.74) is 0. The van der Waals surface area contributed by atoms with Gasteiger partial charge in [-0.15, -0.1) is 0 Å². The molecule has 0 aliphatic heterocycles. The van der Waals surface area contributed by atoms with Crippen LogP contribution in [0, 0.1) is 5.92 Å². The lowest BCUT2D eigenvalue weighted by Gasteiger charge is -2.30. The van der Waals surface area contributed by atoms with E-state index >= 15 is 0 Å². The van der Waals surface area contributed by atoms with Crippen molar-refractivity contribution in [3.63, 3.8) is 0 Å². The molecule has 0 aliphatic carbocycles. The minimum atomic E-state index is -2.12. The summed E-state index contributed by atoms with van der Waals surface area (Å²) in [5.74, 6) is 0.647. The molecule has 0 spiro atoms. The van der Waals surface area contributed by atoms with E-state index in [-0.39, 0.29) is 6.10 Å². The van der Waals surface area contributed by atoms with Crippen LogP contribution in [0.5, 0.6) is 0 Å². The molecule has 0 heterocycles. The van der Waals surface area contributed by atoms with Crippen molar-refractivity contribution in [3.8, 4) is 0 Å². The fourth-order valence-corrected chi connectivity index (χ4v) is 4.62. The lowest BCUT2D eigenvalue weighted by molar-refractivity contribution is 0.134. The van der Waals surface area contributed by atoms with E-state index in [4.69, 9.17) is 8.85 Å². The van der Waals surface area contributed by atoms with Gasteiger partial charge in [-0.25, -0.2) is 9.79 Å². The lowest BCUT2D eigenvalue weighted by Crippen LogP contribution is -2.42. The first kappa shape index (κ1) is 16.5. The number of aliphatic imine (C=N–C) groups is 1. The van der Waals surface area contributed by atoms with Gasteiger partial charge in [-0.3, -0.25) is 0 Å². The molecule has 0 amide bonds. The Hall–Kier alpha value is -0.483. The standard InChI is InChI=1S/C12H25NO3Si/c1-6-15-17(5,8-7-11(2)3)16-12(4)9-13-10-14/h11-12H,6-9H2,1-5H3. The van der Waals surface area contributed by atoms with Gasteiger partial charge in [-0.2, -0.15) is 0 Å². The summed E-state index contributed by atoms with van der Waals surface area (Å²) in [7, 11) is -2.12. The number of hydrogen-bond acceptors (Lipinski definition) is 4. The van der Waals surface area contributed by atoms with Crippen LogP contribution in [-0.2, 0) is 13.6 Å². The highest BCUT2D eigenvalue weighted by Crippen LogP contribution is 2.21. The highest BCUT2D eigenvalue weighted by Gasteiger charge is 2.32. The predicted octanol–water partition coefficient (Wildman–Crippen LogP) is 2.88. The van der Waals surface area contributed by atoms with Gasteiger partial charge in [-0.05, 0) is 38.8 Å². The molecule has 2 atom stereocenters. The molecule has 0 saturated carbocycles. The molecule has 5 heteroatoms. The van der Waals surface area contributed by atoms with E-state index < -0.39 is 8.56 Å². The van der Waals surface area contributed by atoms with Gasteiger partial charge in [0.15, 0.2) is 0 Å². The molecule has 0 radical (unpaired) electrons. The SMILES string of the molecule is CCO[Si](C)(CCC(C)C)OC(C)CN=C=O. The van der Waals surface area contributed by atoms with Gasteiger partial charge in [0.05, 0.1) is 12.6 Å². The van der Waals surface area contributed by atoms with Crippen LogP contribution < -0.4 is 0 Å². The van der Waals surface area contributed by atoms with Gasteiger partial charge in [0, 0.05) is 6.61 Å². The topological polar surface area (TPSA) is 47.9 Å². The molecule has 0 bridgehead atoms. The van der Waals surface area contributed by atoms with E-state index in [9.17, 15) is 4.79 Å². The third-order valence-corrected chi connectivity index (χ3v) is 5.49. The average molecular weight is 259 g/mol. The minimum Gasteiger partial charge on any atom is -0.395 e. The Bertz CT molecular complexity index is 254. The second-order valence-electron chi connectivity index (χ2n) is 4.86. The zero-order valence-corrected chi connectivity index (χ0v) is 12.7. The van der Waals surface area contributed by atoms with Crippen LogP contribution in [0.15, 0.2) is 4.99 Å². The number of isocyanates is 1. The Kier molecular flexibility index (Phi) is 8.34. The van der Waals surface area contributed by atoms with Crippen molar-refractivity contribution in [1.29, 1.82) is 0 Å². The highest BCUT2D eigenvalue weighted by molar-refractivity contribution is 6.66. The Morgan fingerprint density at radius 1 is 1.35 bits per heavy atom. The molecule has 0 fully saturated rings. The van der Waals surface area contributed by atoms with Crippen LogP contribution in [0.3, 0.4) is 0 Å². The van der Waals surface area contributed by atoms with Crippen LogP contribution in [0.4, 0.5) is 0 Å². The molecule has 0 rings (SSSR count). The van der Waals surface area contributed by atoms with E-state index in [0.29, 0.717) is 19.1 Å². The minimum absolute atomic E-state index is 0.0770. The Labute approximate surface area is 106 Å². The van der Waals surface area contributed by atoms with Crippen molar-refractivity contribution in [1.82, 2.24) is 0 Å². The van der Waals surface area contributed by atoms with Crippen LogP contribution in [-0.4, -0.2) is 33.9 Å². The smallest absolute Gasteiger partial charge is 0.335 e. The second-order valence-corrected chi connectivity index (χ2v) is 8.15. The van der Waals surface area contributed by atoms with Crippen LogP contribution in [0.1, 0.15) is 34.1 Å². The first-order valence-corrected chi connectivity index (χ1v) is 8.81. The predicted molar refractivity (Wildman–Crippen MR) is 71.0 cm³/mol. The molecular weight excluding hydrogens is 234 g/mol. The zero-order chi connectivity index (χ0) is 13.3. The largest absolute Gasteiger partial charge is 0.395 e. The van der Waals surface area contributed by atoms with Crippen molar-refractivity contribution in [2.24, 2.45) is 10.9 Å². The van der Waals surface area contributed by atoms with Crippen LogP contribution in [0.2, 0.25) is 12.6 Å². The van der Waals surface area contributed by atoms with Gasteiger partial charge in [0.25, 0.3) is 0 Å². The molecule has 2 unspecified atom stereocenters. The monoisotopic (exact) mass is 259 g/mol. The molecule has 0 aromatic carbocycles. The summed E-state index contributed by atoms with van der Waals surface area (Å²) in [6.45, 7) is 11.4. The molecule has 100 valence electrons. The van der Waals surface area contributed by atoms with Gasteiger partial charge in [0.1, 0.15) is 0 Å². The zero-order valence-electron chi connectivity index (χ0n) is 11.7. The van der Waals surface area contributed by atoms with Gasteiger partial charge in [0.2, 0.25) is 6.08 Å². The first-order chi connectivity index (χ1) is 7.93. The van der Waals surface area contributed by atoms with Gasteiger partial charge in [-0.1, -0.05) is 13.8 Å². The van der Waals surface area contributed by atoms with E-state index in [1.807, 2.05) is 13.8 Å². The summed E-state index contributed by atoms with van der Waals surface area (Å²) in [5, 5.41) is 0. The molecule has 0 aliphatic rings. The Balaban J connectivity index is 4.31. The molecule has 0 aromatic heterocycles. The van der Waals surface area contributed by atoms with E-state index in [0.717, 1.165) is 12.5 Å². The average Bonchev–Trinajstić information content (AvgIpc) is 2.24. The summed E-state index contributed by atoms with van der Waals surface area (Å²) in [6.07, 6.45) is 2.56. The summed E-state index contributed by atoms with van der Waals surface area (Å²) >= 11 is 0. The number of hydrogen-bond donors (Lipinski definition) is 0. The quantitative estimate of drug-likeness (QED) is 0.363. The molecule has 4 nitrogen and oxygen atoms in total. The van der Waals surface area contributed by atoms with Crippen molar-refractivity contribution in [2.45, 2.75) is 52.8 Å². The number of rotatable bonds is 9. The van der Waals surface area contributed by atoms with Crippen LogP contribution >= 0.6 is 0 Å². The molecule has 0 N–H and O–H groups in total. The van der Waals surface area contributed by atoms with Gasteiger partial charge < -0.3 is 8.85 Å². The van der Waals surface area contributed by atoms with E-state index in [2.05, 4.69) is 25.4 Å². The lowest BCUT2D eigenvalue weighted by atomic mass is 10.2. The molecule has 0 aromatic rings. The van der Waals surface area contributed by atoms with Crippen molar-refractivity contribution in [3.05, 3.63) is 0 Å². The number of nitrogens with zero attached hydrogens (tertiary/aromatic N) is 1. The van der Waals surface area contributed by atoms with Crippen molar-refractivity contribution >= 4 is 14.6 Å². The maximum atomic E-state index is 10.0. The third-order valence-electron chi connectivity index (χ3n) is 2.49. The van der Waals surface area contributed by atoms with Gasteiger partial charge >= 0.3 is 8.56 Å². The van der Waals surface area contributed by atoms with Crippen LogP contribution in [0.25, 0.3) is 0 Å². The molecule has 0 saturated heterocycles. The van der Waals surface area contributed by atoms with E-state index in [1.165, 1.54) is 6.08 Å². The fourth-order valence-electron chi connectivity index (χ4n) is 1.65. The first-order valence-electron chi connectivity index (χ1n) is 6.29. The van der Waals surface area contributed by atoms with Crippen molar-refractivity contribution in [2.75, 3.05) is 13.2 Å². The van der Waals surface area contributed by atoms with Crippen molar-refractivity contribution < 1.29 is 13.6 Å². The summed E-state index contributed by atoms with van der Waals surface area (Å²) < 4.78 is 11.8. The Morgan fingerprint density at radius 2 is 2.00 bits per heavy atom. The maximum Gasteiger partial charge on any atom is 0.335 e. The maximum absolute atomic E-state index is 10.0. The summed E-state index contributed by atoms with van der Waals surface area (Å²) in [6, 6.07) is 0.980. The highest BCUT2D eigenvalue weighted by atomic mass is 28.4. The second kappa shape index (κ2) is 8.58. The Morgan fingerprint density at radius 3 is 2.47 bits per heavy atom. The normalized spacial score (nSPS) is 16.4.